The molecule has 0 radical (unpaired) electrons. The Labute approximate surface area is 92.6 Å². The Bertz CT molecular complexity index is 155. The summed E-state index contributed by atoms with van der Waals surface area (Å²) in [5.41, 5.74) is 0. The minimum atomic E-state index is 0.207. The zero-order chi connectivity index (χ0) is 11.0. The molecule has 0 fully saturated rings. The van der Waals surface area contributed by atoms with Gasteiger partial charge in [-0.15, -0.1) is 11.6 Å². The van der Waals surface area contributed by atoms with Crippen molar-refractivity contribution in [2.75, 3.05) is 19.5 Å². The third-order valence-electron chi connectivity index (χ3n) is 2.42. The summed E-state index contributed by atoms with van der Waals surface area (Å²) in [5.74, 6) is 0.986. The Kier molecular flexibility index (Phi) is 7.96. The minimum absolute atomic E-state index is 0.207. The Hall–Kier alpha value is -0.240. The Morgan fingerprint density at radius 1 is 1.29 bits per heavy atom. The van der Waals surface area contributed by atoms with Gasteiger partial charge in [0.15, 0.2) is 0 Å². The Morgan fingerprint density at radius 3 is 2.14 bits per heavy atom. The molecule has 0 aromatic rings. The van der Waals surface area contributed by atoms with Crippen molar-refractivity contribution >= 4 is 17.5 Å². The second kappa shape index (κ2) is 8.10. The number of hydrogen-bond acceptors (Lipinski definition) is 1. The highest BCUT2D eigenvalue weighted by atomic mass is 35.5. The number of hydrogen-bond donors (Lipinski definition) is 0. The Balaban J connectivity index is 4.11. The minimum Gasteiger partial charge on any atom is -0.344 e. The first-order chi connectivity index (χ1) is 6.67. The van der Waals surface area contributed by atoms with E-state index in [2.05, 4.69) is 13.8 Å². The van der Waals surface area contributed by atoms with Crippen molar-refractivity contribution in [1.29, 1.82) is 0 Å². The lowest BCUT2D eigenvalue weighted by atomic mass is 9.97. The molecule has 0 aromatic carbocycles. The summed E-state index contributed by atoms with van der Waals surface area (Å²) in [4.78, 5) is 13.6. The average molecular weight is 220 g/mol. The lowest BCUT2D eigenvalue weighted by Crippen LogP contribution is -2.34. The van der Waals surface area contributed by atoms with Gasteiger partial charge in [0.05, 0.1) is 0 Å². The second-order valence-electron chi connectivity index (χ2n) is 3.72. The number of nitrogens with zero attached hydrogens (tertiary/aromatic N) is 1. The van der Waals surface area contributed by atoms with Gasteiger partial charge in [-0.1, -0.05) is 26.7 Å². The molecule has 2 nitrogen and oxygen atoms in total. The molecule has 0 atom stereocenters. The van der Waals surface area contributed by atoms with E-state index in [1.807, 2.05) is 7.05 Å². The van der Waals surface area contributed by atoms with Crippen molar-refractivity contribution in [1.82, 2.24) is 4.90 Å². The van der Waals surface area contributed by atoms with Crippen LogP contribution in [-0.4, -0.2) is 30.3 Å². The summed E-state index contributed by atoms with van der Waals surface area (Å²) in [7, 11) is 1.84. The van der Waals surface area contributed by atoms with E-state index in [0.717, 1.165) is 25.7 Å². The van der Waals surface area contributed by atoms with E-state index in [9.17, 15) is 4.79 Å². The molecule has 0 aromatic heterocycles. The Morgan fingerprint density at radius 2 is 1.79 bits per heavy atom. The summed E-state index contributed by atoms with van der Waals surface area (Å²) < 4.78 is 0. The molecule has 0 spiro atoms. The zero-order valence-corrected chi connectivity index (χ0v) is 10.3. The van der Waals surface area contributed by atoms with Crippen molar-refractivity contribution in [2.45, 2.75) is 39.5 Å². The fraction of sp³-hybridized carbons (Fsp3) is 0.909. The highest BCUT2D eigenvalue weighted by Gasteiger charge is 2.19. The number of alkyl halides is 1. The van der Waals surface area contributed by atoms with Gasteiger partial charge in [0, 0.05) is 25.4 Å². The molecule has 0 aliphatic rings. The van der Waals surface area contributed by atoms with E-state index >= 15 is 0 Å². The summed E-state index contributed by atoms with van der Waals surface area (Å²) in [6.45, 7) is 4.90. The van der Waals surface area contributed by atoms with E-state index in [0.29, 0.717) is 12.4 Å². The molecule has 3 heteroatoms. The standard InChI is InChI=1S/C11H22ClNO/c1-4-6-10(7-5-2)11(14)13(3)9-8-12/h10H,4-9H2,1-3H3. The number of rotatable bonds is 7. The zero-order valence-electron chi connectivity index (χ0n) is 9.55. The molecule has 0 rings (SSSR count). The predicted octanol–water partition coefficient (Wildman–Crippen LogP) is 2.90. The molecule has 0 heterocycles. The monoisotopic (exact) mass is 219 g/mol. The van der Waals surface area contributed by atoms with Crippen LogP contribution >= 0.6 is 11.6 Å². The van der Waals surface area contributed by atoms with Crippen molar-refractivity contribution in [3.63, 3.8) is 0 Å². The van der Waals surface area contributed by atoms with Crippen molar-refractivity contribution < 1.29 is 4.79 Å². The number of carbonyl (C=O) groups is 1. The first kappa shape index (κ1) is 13.8. The van der Waals surface area contributed by atoms with Crippen LogP contribution in [0.1, 0.15) is 39.5 Å². The number of halogens is 1. The van der Waals surface area contributed by atoms with E-state index in [1.54, 1.807) is 4.90 Å². The molecule has 0 unspecified atom stereocenters. The van der Waals surface area contributed by atoms with Gasteiger partial charge in [0.25, 0.3) is 0 Å². The van der Waals surface area contributed by atoms with E-state index < -0.39 is 0 Å². The van der Waals surface area contributed by atoms with Crippen LogP contribution in [-0.2, 0) is 4.79 Å². The van der Waals surface area contributed by atoms with Crippen molar-refractivity contribution in [2.24, 2.45) is 5.92 Å². The number of amides is 1. The highest BCUT2D eigenvalue weighted by Crippen LogP contribution is 2.15. The third kappa shape index (κ3) is 4.85. The van der Waals surface area contributed by atoms with Gasteiger partial charge < -0.3 is 4.90 Å². The van der Waals surface area contributed by atoms with Crippen LogP contribution in [0.5, 0.6) is 0 Å². The van der Waals surface area contributed by atoms with Crippen LogP contribution in [0, 0.1) is 5.92 Å². The summed E-state index contributed by atoms with van der Waals surface area (Å²) in [6.07, 6.45) is 4.15. The first-order valence-corrected chi connectivity index (χ1v) is 6.01. The maximum atomic E-state index is 11.9. The largest absolute Gasteiger partial charge is 0.344 e. The van der Waals surface area contributed by atoms with Gasteiger partial charge in [-0.25, -0.2) is 0 Å². The van der Waals surface area contributed by atoms with E-state index in [1.165, 1.54) is 0 Å². The van der Waals surface area contributed by atoms with Gasteiger partial charge in [0.2, 0.25) is 5.91 Å². The molecule has 14 heavy (non-hydrogen) atoms. The maximum absolute atomic E-state index is 11.9. The third-order valence-corrected chi connectivity index (χ3v) is 2.59. The predicted molar refractivity (Wildman–Crippen MR) is 61.7 cm³/mol. The van der Waals surface area contributed by atoms with Gasteiger partial charge in [-0.3, -0.25) is 4.79 Å². The molecule has 0 aliphatic heterocycles. The van der Waals surface area contributed by atoms with Gasteiger partial charge in [-0.2, -0.15) is 0 Å². The lowest BCUT2D eigenvalue weighted by Gasteiger charge is -2.22. The molecular formula is C11H22ClNO. The van der Waals surface area contributed by atoms with Gasteiger partial charge in [-0.05, 0) is 12.8 Å². The van der Waals surface area contributed by atoms with Gasteiger partial charge in [0.1, 0.15) is 0 Å². The van der Waals surface area contributed by atoms with Crippen LogP contribution < -0.4 is 0 Å². The smallest absolute Gasteiger partial charge is 0.225 e. The topological polar surface area (TPSA) is 20.3 Å². The van der Waals surface area contributed by atoms with Crippen LogP contribution in [0.4, 0.5) is 0 Å². The quantitative estimate of drug-likeness (QED) is 0.603. The highest BCUT2D eigenvalue weighted by molar-refractivity contribution is 6.18. The van der Waals surface area contributed by atoms with Crippen LogP contribution in [0.15, 0.2) is 0 Å². The maximum Gasteiger partial charge on any atom is 0.225 e. The molecule has 0 aliphatic carbocycles. The normalized spacial score (nSPS) is 10.6. The van der Waals surface area contributed by atoms with E-state index in [4.69, 9.17) is 11.6 Å². The molecular weight excluding hydrogens is 198 g/mol. The summed E-state index contributed by atoms with van der Waals surface area (Å²) >= 11 is 5.61. The van der Waals surface area contributed by atoms with Gasteiger partial charge >= 0.3 is 0 Å². The summed E-state index contributed by atoms with van der Waals surface area (Å²) in [6, 6.07) is 0. The first-order valence-electron chi connectivity index (χ1n) is 5.48. The van der Waals surface area contributed by atoms with Crippen LogP contribution in [0.2, 0.25) is 0 Å². The molecule has 0 N–H and O–H groups in total. The fourth-order valence-corrected chi connectivity index (χ4v) is 1.89. The van der Waals surface area contributed by atoms with E-state index in [-0.39, 0.29) is 11.8 Å². The van der Waals surface area contributed by atoms with Crippen LogP contribution in [0.25, 0.3) is 0 Å². The molecule has 0 bridgehead atoms. The van der Waals surface area contributed by atoms with Crippen molar-refractivity contribution in [3.8, 4) is 0 Å². The molecule has 0 saturated heterocycles. The lowest BCUT2D eigenvalue weighted by molar-refractivity contribution is -0.134. The second-order valence-corrected chi connectivity index (χ2v) is 4.10. The van der Waals surface area contributed by atoms with Crippen LogP contribution in [0.3, 0.4) is 0 Å². The number of carbonyl (C=O) groups excluding carboxylic acids is 1. The summed E-state index contributed by atoms with van der Waals surface area (Å²) in [5, 5.41) is 0. The van der Waals surface area contributed by atoms with Crippen molar-refractivity contribution in [3.05, 3.63) is 0 Å². The fourth-order valence-electron chi connectivity index (χ4n) is 1.64. The SMILES string of the molecule is CCCC(CCC)C(=O)N(C)CCCl. The molecule has 84 valence electrons. The molecule has 1 amide bonds. The average Bonchev–Trinajstić information content (AvgIpc) is 2.17. The molecule has 0 saturated carbocycles.